The van der Waals surface area contributed by atoms with Crippen LogP contribution in [-0.4, -0.2) is 43.5 Å². The normalized spacial score (nSPS) is 13.1. The first kappa shape index (κ1) is 17.5. The van der Waals surface area contributed by atoms with Crippen LogP contribution in [0.2, 0.25) is 0 Å². The molecule has 0 radical (unpaired) electrons. The van der Waals surface area contributed by atoms with Gasteiger partial charge in [-0.2, -0.15) is 4.31 Å². The molecule has 7 heteroatoms. The highest BCUT2D eigenvalue weighted by Gasteiger charge is 2.26. The zero-order chi connectivity index (χ0) is 16.0. The van der Waals surface area contributed by atoms with Gasteiger partial charge < -0.3 is 9.84 Å². The van der Waals surface area contributed by atoms with E-state index in [4.69, 9.17) is 9.84 Å². The Labute approximate surface area is 125 Å². The lowest BCUT2D eigenvalue weighted by Gasteiger charge is -2.22. The van der Waals surface area contributed by atoms with Gasteiger partial charge in [0.25, 0.3) is 0 Å². The molecule has 1 aromatic rings. The van der Waals surface area contributed by atoms with Gasteiger partial charge in [0, 0.05) is 13.1 Å². The van der Waals surface area contributed by atoms with Crippen LogP contribution in [-0.2, 0) is 14.8 Å². The molecule has 1 N–H and O–H groups in total. The quantitative estimate of drug-likeness (QED) is 0.791. The number of ether oxygens (including phenoxy) is 1. The van der Waals surface area contributed by atoms with Crippen molar-refractivity contribution in [2.75, 3.05) is 19.7 Å². The Bertz CT molecular complexity index is 568. The van der Waals surface area contributed by atoms with Crippen LogP contribution < -0.4 is 4.74 Å². The monoisotopic (exact) mass is 315 g/mol. The van der Waals surface area contributed by atoms with Crippen molar-refractivity contribution < 1.29 is 23.1 Å². The predicted molar refractivity (Wildman–Crippen MR) is 78.8 cm³/mol. The lowest BCUT2D eigenvalue weighted by atomic mass is 10.2. The molecule has 21 heavy (non-hydrogen) atoms. The Morgan fingerprint density at radius 2 is 1.86 bits per heavy atom. The molecule has 118 valence electrons. The molecule has 1 aromatic carbocycles. The Hall–Kier alpha value is -1.60. The van der Waals surface area contributed by atoms with Gasteiger partial charge in [-0.1, -0.05) is 13.8 Å². The molecule has 6 nitrogen and oxygen atoms in total. The van der Waals surface area contributed by atoms with Gasteiger partial charge in [-0.05, 0) is 31.2 Å². The summed E-state index contributed by atoms with van der Waals surface area (Å²) in [4.78, 5) is 11.0. The van der Waals surface area contributed by atoms with Crippen LogP contribution in [0.15, 0.2) is 29.2 Å². The molecule has 0 bridgehead atoms. The Morgan fingerprint density at radius 1 is 1.29 bits per heavy atom. The van der Waals surface area contributed by atoms with Crippen molar-refractivity contribution in [1.29, 1.82) is 0 Å². The zero-order valence-corrected chi connectivity index (χ0v) is 13.3. The maximum Gasteiger partial charge on any atom is 0.307 e. The molecular formula is C14H21NO5S. The smallest absolute Gasteiger partial charge is 0.307 e. The van der Waals surface area contributed by atoms with Crippen molar-refractivity contribution in [2.24, 2.45) is 5.92 Å². The van der Waals surface area contributed by atoms with Crippen LogP contribution >= 0.6 is 0 Å². The lowest BCUT2D eigenvalue weighted by molar-refractivity contribution is -0.141. The number of rotatable bonds is 8. The first-order valence-electron chi connectivity index (χ1n) is 6.78. The van der Waals surface area contributed by atoms with Gasteiger partial charge in [-0.15, -0.1) is 0 Å². The SMILES string of the molecule is CCOc1ccc(S(=O)(=O)N(CC)CC(C)C(=O)O)cc1. The van der Waals surface area contributed by atoms with Gasteiger partial charge in [-0.3, -0.25) is 4.79 Å². The molecule has 0 saturated carbocycles. The Morgan fingerprint density at radius 3 is 2.29 bits per heavy atom. The van der Waals surface area contributed by atoms with Gasteiger partial charge >= 0.3 is 5.97 Å². The fourth-order valence-electron chi connectivity index (χ4n) is 1.80. The second kappa shape index (κ2) is 7.42. The van der Waals surface area contributed by atoms with Gasteiger partial charge in [0.15, 0.2) is 0 Å². The van der Waals surface area contributed by atoms with Gasteiger partial charge in [0.05, 0.1) is 17.4 Å². The first-order chi connectivity index (χ1) is 9.82. The summed E-state index contributed by atoms with van der Waals surface area (Å²) in [6, 6.07) is 6.11. The predicted octanol–water partition coefficient (Wildman–Crippen LogP) is 1.82. The summed E-state index contributed by atoms with van der Waals surface area (Å²) in [5.74, 6) is -1.18. The number of sulfonamides is 1. The second-order valence-corrected chi connectivity index (χ2v) is 6.54. The van der Waals surface area contributed by atoms with Crippen LogP contribution in [0.3, 0.4) is 0 Å². The van der Waals surface area contributed by atoms with Gasteiger partial charge in [0.1, 0.15) is 5.75 Å². The van der Waals surface area contributed by atoms with E-state index in [9.17, 15) is 13.2 Å². The van der Waals surface area contributed by atoms with E-state index in [1.165, 1.54) is 23.4 Å². The minimum atomic E-state index is -3.70. The van der Waals surface area contributed by atoms with E-state index in [0.29, 0.717) is 12.4 Å². The summed E-state index contributed by atoms with van der Waals surface area (Å²) in [7, 11) is -3.70. The van der Waals surface area contributed by atoms with E-state index < -0.39 is 21.9 Å². The van der Waals surface area contributed by atoms with Crippen LogP contribution in [0.4, 0.5) is 0 Å². The van der Waals surface area contributed by atoms with Crippen molar-refractivity contribution in [3.63, 3.8) is 0 Å². The number of hydrogen-bond donors (Lipinski definition) is 1. The first-order valence-corrected chi connectivity index (χ1v) is 8.22. The Balaban J connectivity index is 2.98. The maximum absolute atomic E-state index is 12.5. The minimum absolute atomic E-state index is 0.0542. The molecular weight excluding hydrogens is 294 g/mol. The molecule has 0 saturated heterocycles. The number of hydrogen-bond acceptors (Lipinski definition) is 4. The van der Waals surface area contributed by atoms with Gasteiger partial charge in [0.2, 0.25) is 10.0 Å². The number of nitrogens with zero attached hydrogens (tertiary/aromatic N) is 1. The molecule has 0 aromatic heterocycles. The standard InChI is InChI=1S/C14H21NO5S/c1-4-15(10-11(3)14(16)17)21(18,19)13-8-6-12(7-9-13)20-5-2/h6-9,11H,4-5,10H2,1-3H3,(H,16,17). The molecule has 0 spiro atoms. The topological polar surface area (TPSA) is 83.9 Å². The zero-order valence-electron chi connectivity index (χ0n) is 12.4. The minimum Gasteiger partial charge on any atom is -0.494 e. The number of carboxylic acid groups (broad SMARTS) is 1. The third-order valence-electron chi connectivity index (χ3n) is 3.02. The fourth-order valence-corrected chi connectivity index (χ4v) is 3.34. The van der Waals surface area contributed by atoms with Crippen molar-refractivity contribution in [3.8, 4) is 5.75 Å². The van der Waals surface area contributed by atoms with E-state index in [-0.39, 0.29) is 18.0 Å². The molecule has 0 amide bonds. The third kappa shape index (κ3) is 4.44. The van der Waals surface area contributed by atoms with Gasteiger partial charge in [-0.25, -0.2) is 8.42 Å². The molecule has 1 rings (SSSR count). The summed E-state index contributed by atoms with van der Waals surface area (Å²) in [5.41, 5.74) is 0. The van der Waals surface area contributed by atoms with Crippen molar-refractivity contribution >= 4 is 16.0 Å². The van der Waals surface area contributed by atoms with Crippen LogP contribution in [0.1, 0.15) is 20.8 Å². The summed E-state index contributed by atoms with van der Waals surface area (Å²) in [6.07, 6.45) is 0. The summed E-state index contributed by atoms with van der Waals surface area (Å²) in [5, 5.41) is 8.92. The summed E-state index contributed by atoms with van der Waals surface area (Å²) < 4.78 is 31.4. The fraction of sp³-hybridized carbons (Fsp3) is 0.500. The average molecular weight is 315 g/mol. The van der Waals surface area contributed by atoms with Crippen LogP contribution in [0, 0.1) is 5.92 Å². The average Bonchev–Trinajstić information content (AvgIpc) is 2.45. The van der Waals surface area contributed by atoms with Crippen molar-refractivity contribution in [2.45, 2.75) is 25.7 Å². The highest BCUT2D eigenvalue weighted by Crippen LogP contribution is 2.20. The van der Waals surface area contributed by atoms with E-state index in [2.05, 4.69) is 0 Å². The van der Waals surface area contributed by atoms with E-state index in [1.54, 1.807) is 19.1 Å². The molecule has 0 heterocycles. The van der Waals surface area contributed by atoms with E-state index in [1.807, 2.05) is 6.92 Å². The van der Waals surface area contributed by atoms with Crippen molar-refractivity contribution in [3.05, 3.63) is 24.3 Å². The molecule has 0 aliphatic rings. The molecule has 0 aliphatic heterocycles. The van der Waals surface area contributed by atoms with E-state index >= 15 is 0 Å². The number of benzene rings is 1. The number of aliphatic carboxylic acids is 1. The Kier molecular flexibility index (Phi) is 6.17. The molecule has 0 aliphatic carbocycles. The van der Waals surface area contributed by atoms with Crippen LogP contribution in [0.5, 0.6) is 5.75 Å². The maximum atomic E-state index is 12.5. The largest absolute Gasteiger partial charge is 0.494 e. The highest BCUT2D eigenvalue weighted by molar-refractivity contribution is 7.89. The second-order valence-electron chi connectivity index (χ2n) is 4.60. The molecule has 1 unspecified atom stereocenters. The summed E-state index contributed by atoms with van der Waals surface area (Å²) >= 11 is 0. The molecule has 1 atom stereocenters. The number of carboxylic acids is 1. The third-order valence-corrected chi connectivity index (χ3v) is 4.98. The van der Waals surface area contributed by atoms with Crippen LogP contribution in [0.25, 0.3) is 0 Å². The molecule has 0 fully saturated rings. The van der Waals surface area contributed by atoms with E-state index in [0.717, 1.165) is 0 Å². The summed E-state index contributed by atoms with van der Waals surface area (Å²) in [6.45, 7) is 5.67. The number of carbonyl (C=O) groups is 1. The highest BCUT2D eigenvalue weighted by atomic mass is 32.2. The van der Waals surface area contributed by atoms with Crippen molar-refractivity contribution in [1.82, 2.24) is 4.31 Å². The lowest BCUT2D eigenvalue weighted by Crippen LogP contribution is -2.36.